The van der Waals surface area contributed by atoms with Crippen LogP contribution in [0, 0.1) is 17.8 Å². The fourth-order valence-corrected chi connectivity index (χ4v) is 3.49. The number of hydrogen-bond donors (Lipinski definition) is 3. The summed E-state index contributed by atoms with van der Waals surface area (Å²) >= 11 is 0. The van der Waals surface area contributed by atoms with E-state index in [9.17, 15) is 24.0 Å². The van der Waals surface area contributed by atoms with Crippen LogP contribution < -0.4 is 16.4 Å². The summed E-state index contributed by atoms with van der Waals surface area (Å²) in [5.41, 5.74) is 4.93. The van der Waals surface area contributed by atoms with Crippen LogP contribution in [-0.2, 0) is 33.4 Å². The number of ether oxygens (including phenoxy) is 2. The van der Waals surface area contributed by atoms with E-state index in [2.05, 4.69) is 10.6 Å². The Morgan fingerprint density at radius 2 is 1.81 bits per heavy atom. The third-order valence-corrected chi connectivity index (χ3v) is 5.30. The zero-order valence-corrected chi connectivity index (χ0v) is 19.4. The Bertz CT molecular complexity index is 735. The van der Waals surface area contributed by atoms with Gasteiger partial charge in [0.2, 0.25) is 17.7 Å². The van der Waals surface area contributed by atoms with E-state index in [1.165, 1.54) is 6.92 Å². The number of hydrogen-bond acceptors (Lipinski definition) is 7. The standard InChI is InChI=1S/C22H35N3O7/c1-6-7-13(4)19(15-10-11-31-21(15)29)32-22(30)18(12(2)3)25-20(28)14(5)24-17(27)9-8-16(23)26/h8-9,12-15,18-19H,6-7,10-11H2,1-5H3,(H2,23,26)(H,24,27)(H,25,28)/b9-8+/t13-,14+,15-,18-,19-/m1/s1. The molecule has 1 heterocycles. The lowest BCUT2D eigenvalue weighted by atomic mass is 9.88. The molecular formula is C22H35N3O7. The van der Waals surface area contributed by atoms with Gasteiger partial charge < -0.3 is 25.8 Å². The second-order valence-electron chi connectivity index (χ2n) is 8.43. The first-order valence-corrected chi connectivity index (χ1v) is 10.9. The van der Waals surface area contributed by atoms with Crippen molar-refractivity contribution in [3.8, 4) is 0 Å². The minimum atomic E-state index is -0.978. The van der Waals surface area contributed by atoms with Gasteiger partial charge in [-0.15, -0.1) is 0 Å². The number of carbonyl (C=O) groups excluding carboxylic acids is 5. The third kappa shape index (κ3) is 8.32. The molecule has 0 bridgehead atoms. The predicted molar refractivity (Wildman–Crippen MR) is 116 cm³/mol. The number of primary amides is 1. The maximum absolute atomic E-state index is 13.0. The summed E-state index contributed by atoms with van der Waals surface area (Å²) in [5, 5.41) is 4.99. The molecule has 1 fully saturated rings. The fraction of sp³-hybridized carbons (Fsp3) is 0.682. The second kappa shape index (κ2) is 12.8. The molecule has 0 radical (unpaired) electrons. The molecule has 0 aromatic carbocycles. The van der Waals surface area contributed by atoms with Gasteiger partial charge in [-0.3, -0.25) is 19.2 Å². The Hall–Kier alpha value is -2.91. The number of carbonyl (C=O) groups is 5. The van der Waals surface area contributed by atoms with Crippen molar-refractivity contribution in [3.05, 3.63) is 12.2 Å². The second-order valence-corrected chi connectivity index (χ2v) is 8.43. The van der Waals surface area contributed by atoms with Gasteiger partial charge in [0, 0.05) is 12.2 Å². The Kier molecular flexibility index (Phi) is 10.9. The highest BCUT2D eigenvalue weighted by atomic mass is 16.6. The number of amides is 3. The number of rotatable bonds is 12. The molecular weight excluding hydrogens is 418 g/mol. The summed E-state index contributed by atoms with van der Waals surface area (Å²) < 4.78 is 10.8. The van der Waals surface area contributed by atoms with E-state index >= 15 is 0 Å². The molecule has 10 heteroatoms. The van der Waals surface area contributed by atoms with Crippen molar-refractivity contribution in [3.63, 3.8) is 0 Å². The number of nitrogens with one attached hydrogen (secondary N) is 2. The largest absolute Gasteiger partial charge is 0.465 e. The highest BCUT2D eigenvalue weighted by molar-refractivity contribution is 5.98. The Labute approximate surface area is 188 Å². The van der Waals surface area contributed by atoms with E-state index in [1.54, 1.807) is 13.8 Å². The Balaban J connectivity index is 2.86. The molecule has 5 atom stereocenters. The zero-order valence-electron chi connectivity index (χ0n) is 19.4. The third-order valence-electron chi connectivity index (χ3n) is 5.30. The minimum absolute atomic E-state index is 0.0571. The lowest BCUT2D eigenvalue weighted by molar-refractivity contribution is -0.164. The molecule has 1 rings (SSSR count). The minimum Gasteiger partial charge on any atom is -0.465 e. The van der Waals surface area contributed by atoms with Crippen LogP contribution in [0.1, 0.15) is 53.9 Å². The quantitative estimate of drug-likeness (QED) is 0.288. The smallest absolute Gasteiger partial charge is 0.329 e. The lowest BCUT2D eigenvalue weighted by Gasteiger charge is -2.30. The number of cyclic esters (lactones) is 1. The maximum Gasteiger partial charge on any atom is 0.329 e. The molecule has 32 heavy (non-hydrogen) atoms. The highest BCUT2D eigenvalue weighted by Crippen LogP contribution is 2.29. The normalized spacial score (nSPS) is 19.7. The topological polar surface area (TPSA) is 154 Å². The van der Waals surface area contributed by atoms with Gasteiger partial charge in [0.15, 0.2) is 0 Å². The predicted octanol–water partition coefficient (Wildman–Crippen LogP) is 0.585. The van der Waals surface area contributed by atoms with Gasteiger partial charge in [-0.05, 0) is 31.6 Å². The summed E-state index contributed by atoms with van der Waals surface area (Å²) in [6, 6.07) is -1.95. The molecule has 1 aliphatic heterocycles. The maximum atomic E-state index is 13.0. The monoisotopic (exact) mass is 453 g/mol. The van der Waals surface area contributed by atoms with E-state index in [-0.39, 0.29) is 17.8 Å². The summed E-state index contributed by atoms with van der Waals surface area (Å²) in [7, 11) is 0. The molecule has 0 aromatic rings. The van der Waals surface area contributed by atoms with Crippen LogP contribution >= 0.6 is 0 Å². The van der Waals surface area contributed by atoms with Gasteiger partial charge in [-0.1, -0.05) is 34.1 Å². The molecule has 4 N–H and O–H groups in total. The van der Waals surface area contributed by atoms with Gasteiger partial charge in [-0.2, -0.15) is 0 Å². The van der Waals surface area contributed by atoms with Crippen LogP contribution in [-0.4, -0.2) is 54.5 Å². The first-order valence-electron chi connectivity index (χ1n) is 10.9. The molecule has 3 amide bonds. The van der Waals surface area contributed by atoms with E-state index in [1.807, 2.05) is 13.8 Å². The van der Waals surface area contributed by atoms with Gasteiger partial charge in [0.05, 0.1) is 12.5 Å². The van der Waals surface area contributed by atoms with Crippen LogP contribution in [0.5, 0.6) is 0 Å². The Morgan fingerprint density at radius 3 is 2.31 bits per heavy atom. The molecule has 0 spiro atoms. The molecule has 1 saturated heterocycles. The molecule has 0 saturated carbocycles. The molecule has 180 valence electrons. The Morgan fingerprint density at radius 1 is 1.16 bits per heavy atom. The lowest BCUT2D eigenvalue weighted by Crippen LogP contribution is -2.53. The average Bonchev–Trinajstić information content (AvgIpc) is 3.13. The molecule has 10 nitrogen and oxygen atoms in total. The summed E-state index contributed by atoms with van der Waals surface area (Å²) in [5.74, 6) is -3.98. The molecule has 0 aromatic heterocycles. The van der Waals surface area contributed by atoms with Crippen LogP contribution in [0.4, 0.5) is 0 Å². The van der Waals surface area contributed by atoms with Crippen molar-refractivity contribution in [2.45, 2.75) is 72.1 Å². The van der Waals surface area contributed by atoms with E-state index in [4.69, 9.17) is 15.2 Å². The number of esters is 2. The van der Waals surface area contributed by atoms with Crippen LogP contribution in [0.25, 0.3) is 0 Å². The van der Waals surface area contributed by atoms with Crippen molar-refractivity contribution < 1.29 is 33.4 Å². The van der Waals surface area contributed by atoms with Crippen LogP contribution in [0.2, 0.25) is 0 Å². The first-order chi connectivity index (χ1) is 15.0. The zero-order chi connectivity index (χ0) is 24.4. The van der Waals surface area contributed by atoms with Gasteiger partial charge >= 0.3 is 11.9 Å². The van der Waals surface area contributed by atoms with Crippen molar-refractivity contribution in [1.29, 1.82) is 0 Å². The molecule has 0 unspecified atom stereocenters. The first kappa shape index (κ1) is 27.1. The highest BCUT2D eigenvalue weighted by Gasteiger charge is 2.41. The fourth-order valence-electron chi connectivity index (χ4n) is 3.49. The van der Waals surface area contributed by atoms with E-state index in [0.717, 1.165) is 25.0 Å². The van der Waals surface area contributed by atoms with Gasteiger partial charge in [-0.25, -0.2) is 4.79 Å². The summed E-state index contributed by atoms with van der Waals surface area (Å²) in [6.45, 7) is 9.16. The SMILES string of the molecule is CCC[C@@H](C)[C@@H](OC(=O)[C@H](NC(=O)[C@H](C)NC(=O)/C=C/C(N)=O)C(C)C)[C@H]1CCOC1=O. The van der Waals surface area contributed by atoms with Gasteiger partial charge in [0.25, 0.3) is 0 Å². The van der Waals surface area contributed by atoms with Gasteiger partial charge in [0.1, 0.15) is 18.2 Å². The van der Waals surface area contributed by atoms with E-state index in [0.29, 0.717) is 13.0 Å². The van der Waals surface area contributed by atoms with Crippen molar-refractivity contribution in [2.24, 2.45) is 23.5 Å². The molecule has 0 aliphatic carbocycles. The van der Waals surface area contributed by atoms with Crippen molar-refractivity contribution >= 4 is 29.7 Å². The average molecular weight is 454 g/mol. The summed E-state index contributed by atoms with van der Waals surface area (Å²) in [4.78, 5) is 60.1. The van der Waals surface area contributed by atoms with Crippen LogP contribution in [0.3, 0.4) is 0 Å². The van der Waals surface area contributed by atoms with Crippen molar-refractivity contribution in [2.75, 3.05) is 6.61 Å². The summed E-state index contributed by atoms with van der Waals surface area (Å²) in [6.07, 6.45) is 3.25. The van der Waals surface area contributed by atoms with Crippen LogP contribution in [0.15, 0.2) is 12.2 Å². The van der Waals surface area contributed by atoms with Crippen molar-refractivity contribution in [1.82, 2.24) is 10.6 Å². The molecule has 1 aliphatic rings. The van der Waals surface area contributed by atoms with E-state index < -0.39 is 47.8 Å². The number of nitrogens with two attached hydrogens (primary N) is 1.